The Kier molecular flexibility index (Phi) is 6.18. The molecule has 31 heavy (non-hydrogen) atoms. The van der Waals surface area contributed by atoms with Crippen LogP contribution in [0.15, 0.2) is 78.0 Å². The molecule has 0 aliphatic carbocycles. The van der Waals surface area contributed by atoms with Gasteiger partial charge in [-0.25, -0.2) is 0 Å². The number of nitrogens with one attached hydrogen (secondary N) is 1. The van der Waals surface area contributed by atoms with E-state index >= 15 is 0 Å². The van der Waals surface area contributed by atoms with Crippen LogP contribution in [0, 0.1) is 20.8 Å². The molecule has 0 unspecified atom stereocenters. The molecule has 4 aromatic rings. The minimum atomic E-state index is -0.111. The van der Waals surface area contributed by atoms with Gasteiger partial charge in [0.1, 0.15) is 5.82 Å². The van der Waals surface area contributed by atoms with Crippen LogP contribution in [-0.2, 0) is 5.75 Å². The molecule has 0 fully saturated rings. The number of rotatable bonds is 6. The van der Waals surface area contributed by atoms with E-state index in [1.165, 1.54) is 5.56 Å². The Morgan fingerprint density at radius 1 is 0.935 bits per heavy atom. The van der Waals surface area contributed by atoms with E-state index in [1.54, 1.807) is 11.8 Å². The van der Waals surface area contributed by atoms with E-state index < -0.39 is 0 Å². The molecule has 0 aliphatic heterocycles. The molecule has 1 heterocycles. The maximum atomic E-state index is 12.5. The number of anilines is 1. The molecule has 0 atom stereocenters. The van der Waals surface area contributed by atoms with Gasteiger partial charge in [0, 0.05) is 17.0 Å². The van der Waals surface area contributed by atoms with E-state index in [1.807, 2.05) is 74.5 Å². The van der Waals surface area contributed by atoms with Crippen molar-refractivity contribution < 1.29 is 4.79 Å². The number of hydrogen-bond acceptors (Lipinski definition) is 4. The number of nitrogens with zero attached hydrogens (tertiary/aromatic N) is 3. The monoisotopic (exact) mass is 428 g/mol. The number of aryl methyl sites for hydroxylation is 3. The Morgan fingerprint density at radius 3 is 2.45 bits per heavy atom. The maximum Gasteiger partial charge on any atom is 0.255 e. The molecular formula is C25H24N4OS. The second-order valence-electron chi connectivity index (χ2n) is 7.46. The average molecular weight is 429 g/mol. The minimum Gasteiger partial charge on any atom is -0.322 e. The zero-order chi connectivity index (χ0) is 21.8. The molecule has 0 radical (unpaired) electrons. The molecule has 3 aromatic carbocycles. The molecule has 6 heteroatoms. The molecule has 0 saturated heterocycles. The Labute approximate surface area is 186 Å². The first-order valence-corrected chi connectivity index (χ1v) is 11.1. The van der Waals surface area contributed by atoms with Crippen LogP contribution in [0.2, 0.25) is 0 Å². The fourth-order valence-corrected chi connectivity index (χ4v) is 4.30. The standard InChI is InChI=1S/C25H24N4OS/c1-17-7-6-9-22(15-17)26-24(30)21-13-11-20(12-14-21)16-31-25-28-27-19(3)29(25)23-10-5-4-8-18(23)2/h4-15H,16H2,1-3H3,(H,26,30). The van der Waals surface area contributed by atoms with Gasteiger partial charge in [0.15, 0.2) is 5.16 Å². The third-order valence-electron chi connectivity index (χ3n) is 5.01. The van der Waals surface area contributed by atoms with Crippen LogP contribution in [0.3, 0.4) is 0 Å². The van der Waals surface area contributed by atoms with Gasteiger partial charge in [-0.1, -0.05) is 54.2 Å². The summed E-state index contributed by atoms with van der Waals surface area (Å²) in [5.41, 5.74) is 5.93. The van der Waals surface area contributed by atoms with Gasteiger partial charge in [-0.15, -0.1) is 10.2 Å². The van der Waals surface area contributed by atoms with E-state index in [2.05, 4.69) is 39.1 Å². The molecule has 0 bridgehead atoms. The van der Waals surface area contributed by atoms with Gasteiger partial charge in [-0.05, 0) is 67.8 Å². The summed E-state index contributed by atoms with van der Waals surface area (Å²) in [4.78, 5) is 12.5. The summed E-state index contributed by atoms with van der Waals surface area (Å²) in [6.07, 6.45) is 0. The Morgan fingerprint density at radius 2 is 1.71 bits per heavy atom. The highest BCUT2D eigenvalue weighted by Gasteiger charge is 2.13. The second kappa shape index (κ2) is 9.18. The highest BCUT2D eigenvalue weighted by atomic mass is 32.2. The first kappa shape index (κ1) is 20.9. The van der Waals surface area contributed by atoms with Crippen LogP contribution in [0.4, 0.5) is 5.69 Å². The van der Waals surface area contributed by atoms with Gasteiger partial charge < -0.3 is 5.32 Å². The van der Waals surface area contributed by atoms with Gasteiger partial charge in [-0.2, -0.15) is 0 Å². The molecule has 0 saturated carbocycles. The summed E-state index contributed by atoms with van der Waals surface area (Å²) in [6, 6.07) is 23.7. The van der Waals surface area contributed by atoms with Crippen molar-refractivity contribution >= 4 is 23.4 Å². The van der Waals surface area contributed by atoms with Crippen molar-refractivity contribution in [3.63, 3.8) is 0 Å². The predicted molar refractivity (Wildman–Crippen MR) is 126 cm³/mol. The smallest absolute Gasteiger partial charge is 0.255 e. The van der Waals surface area contributed by atoms with Crippen LogP contribution in [0.25, 0.3) is 5.69 Å². The van der Waals surface area contributed by atoms with Crippen molar-refractivity contribution in [3.8, 4) is 5.69 Å². The fraction of sp³-hybridized carbons (Fsp3) is 0.160. The largest absolute Gasteiger partial charge is 0.322 e. The van der Waals surface area contributed by atoms with E-state index in [0.717, 1.165) is 39.2 Å². The van der Waals surface area contributed by atoms with Gasteiger partial charge in [0.25, 0.3) is 5.91 Å². The van der Waals surface area contributed by atoms with Crippen molar-refractivity contribution in [1.82, 2.24) is 14.8 Å². The van der Waals surface area contributed by atoms with Gasteiger partial charge in [-0.3, -0.25) is 9.36 Å². The molecule has 0 aliphatic rings. The highest BCUT2D eigenvalue weighted by molar-refractivity contribution is 7.98. The molecule has 156 valence electrons. The summed E-state index contributed by atoms with van der Waals surface area (Å²) in [6.45, 7) is 6.05. The number of benzene rings is 3. The van der Waals surface area contributed by atoms with Gasteiger partial charge >= 0.3 is 0 Å². The van der Waals surface area contributed by atoms with Crippen LogP contribution in [-0.4, -0.2) is 20.7 Å². The molecule has 0 spiro atoms. The van der Waals surface area contributed by atoms with Gasteiger partial charge in [0.05, 0.1) is 5.69 Å². The van der Waals surface area contributed by atoms with Crippen molar-refractivity contribution in [1.29, 1.82) is 0 Å². The molecule has 1 aromatic heterocycles. The fourth-order valence-electron chi connectivity index (χ4n) is 3.35. The molecule has 1 N–H and O–H groups in total. The second-order valence-corrected chi connectivity index (χ2v) is 8.40. The lowest BCUT2D eigenvalue weighted by molar-refractivity contribution is 0.102. The molecule has 5 nitrogen and oxygen atoms in total. The van der Waals surface area contributed by atoms with Crippen molar-refractivity contribution in [2.24, 2.45) is 0 Å². The summed E-state index contributed by atoms with van der Waals surface area (Å²) in [5.74, 6) is 1.49. The van der Waals surface area contributed by atoms with E-state index in [0.29, 0.717) is 5.56 Å². The number of aromatic nitrogens is 3. The number of carbonyl (C=O) groups excluding carboxylic acids is 1. The third-order valence-corrected chi connectivity index (χ3v) is 6.01. The number of thioether (sulfide) groups is 1. The van der Waals surface area contributed by atoms with Crippen molar-refractivity contribution in [2.75, 3.05) is 5.32 Å². The minimum absolute atomic E-state index is 0.111. The molecular weight excluding hydrogens is 404 g/mol. The lowest BCUT2D eigenvalue weighted by Gasteiger charge is -2.11. The number of carbonyl (C=O) groups is 1. The topological polar surface area (TPSA) is 59.8 Å². The van der Waals surface area contributed by atoms with E-state index in [-0.39, 0.29) is 5.91 Å². The van der Waals surface area contributed by atoms with Crippen LogP contribution in [0.1, 0.15) is 32.9 Å². The average Bonchev–Trinajstić information content (AvgIpc) is 3.13. The quantitative estimate of drug-likeness (QED) is 0.398. The molecule has 4 rings (SSSR count). The lowest BCUT2D eigenvalue weighted by atomic mass is 10.1. The van der Waals surface area contributed by atoms with Crippen molar-refractivity contribution in [3.05, 3.63) is 101 Å². The van der Waals surface area contributed by atoms with Crippen LogP contribution < -0.4 is 5.32 Å². The first-order valence-electron chi connectivity index (χ1n) is 10.1. The van der Waals surface area contributed by atoms with E-state index in [4.69, 9.17) is 0 Å². The first-order chi connectivity index (χ1) is 15.0. The molecule has 1 amide bonds. The highest BCUT2D eigenvalue weighted by Crippen LogP contribution is 2.26. The SMILES string of the molecule is Cc1cccc(NC(=O)c2ccc(CSc3nnc(C)n3-c3ccccc3C)cc2)c1. The Hall–Kier alpha value is -3.38. The Bertz CT molecular complexity index is 1210. The zero-order valence-corrected chi connectivity index (χ0v) is 18.6. The number of para-hydroxylation sites is 1. The lowest BCUT2D eigenvalue weighted by Crippen LogP contribution is -2.11. The normalized spacial score (nSPS) is 10.8. The Balaban J connectivity index is 1.44. The summed E-state index contributed by atoms with van der Waals surface area (Å²) in [7, 11) is 0. The third kappa shape index (κ3) is 4.86. The summed E-state index contributed by atoms with van der Waals surface area (Å²) < 4.78 is 2.09. The predicted octanol–water partition coefficient (Wildman–Crippen LogP) is 5.74. The zero-order valence-electron chi connectivity index (χ0n) is 17.8. The van der Waals surface area contributed by atoms with Crippen LogP contribution >= 0.6 is 11.8 Å². The number of hydrogen-bond donors (Lipinski definition) is 1. The van der Waals surface area contributed by atoms with Crippen molar-refractivity contribution in [2.45, 2.75) is 31.7 Å². The van der Waals surface area contributed by atoms with E-state index in [9.17, 15) is 4.79 Å². The summed E-state index contributed by atoms with van der Waals surface area (Å²) in [5, 5.41) is 12.4. The van der Waals surface area contributed by atoms with Gasteiger partial charge in [0.2, 0.25) is 0 Å². The van der Waals surface area contributed by atoms with Crippen LogP contribution in [0.5, 0.6) is 0 Å². The maximum absolute atomic E-state index is 12.5. The number of amides is 1. The summed E-state index contributed by atoms with van der Waals surface area (Å²) >= 11 is 1.63.